The van der Waals surface area contributed by atoms with Crippen LogP contribution in [0, 0.1) is 0 Å². The Kier molecular flexibility index (Phi) is 3.82. The number of carboxylic acid groups (broad SMARTS) is 1. The molecule has 0 unspecified atom stereocenters. The van der Waals surface area contributed by atoms with Crippen molar-refractivity contribution in [3.63, 3.8) is 0 Å². The van der Waals surface area contributed by atoms with E-state index >= 15 is 0 Å². The van der Waals surface area contributed by atoms with Crippen LogP contribution in [0.3, 0.4) is 0 Å². The topological polar surface area (TPSA) is 102 Å². The molecule has 0 saturated heterocycles. The molecule has 0 amide bonds. The highest BCUT2D eigenvalue weighted by Crippen LogP contribution is 2.30. The van der Waals surface area contributed by atoms with Gasteiger partial charge in [-0.25, -0.2) is 4.58 Å². The maximum Gasteiger partial charge on any atom is 0.430 e. The van der Waals surface area contributed by atoms with E-state index in [0.717, 1.165) is 23.5 Å². The molecule has 1 aromatic rings. The summed E-state index contributed by atoms with van der Waals surface area (Å²) < 4.78 is 33.7. The summed E-state index contributed by atoms with van der Waals surface area (Å²) in [5, 5.41) is 20.7. The maximum atomic E-state index is 10.5. The lowest BCUT2D eigenvalue weighted by Gasteiger charge is -2.06. The van der Waals surface area contributed by atoms with Gasteiger partial charge in [-0.05, 0) is 5.57 Å². The van der Waals surface area contributed by atoms with Crippen molar-refractivity contribution in [3.05, 3.63) is 16.6 Å². The van der Waals surface area contributed by atoms with Gasteiger partial charge in [-0.2, -0.15) is 13.2 Å². The van der Waals surface area contributed by atoms with Crippen molar-refractivity contribution >= 4 is 29.1 Å². The number of aliphatic carboxylic acids is 1. The highest BCUT2D eigenvalue weighted by Gasteiger charge is 2.28. The quantitative estimate of drug-likeness (QED) is 0.352. The van der Waals surface area contributed by atoms with Gasteiger partial charge in [0.25, 0.3) is 0 Å². The van der Waals surface area contributed by atoms with Gasteiger partial charge >= 0.3 is 6.18 Å². The second kappa shape index (κ2) is 5.32. The number of hydrogen-bond acceptors (Lipinski definition) is 5. The first-order chi connectivity index (χ1) is 10.1. The number of phenolic OH excluding ortho intramolecular Hbond substituents is 1. The number of aliphatic imine (C=N–C) groups is 1. The van der Waals surface area contributed by atoms with Crippen molar-refractivity contribution in [1.82, 2.24) is 4.58 Å². The largest absolute Gasteiger partial charge is 0.542 e. The van der Waals surface area contributed by atoms with Crippen molar-refractivity contribution < 1.29 is 28.2 Å². The van der Waals surface area contributed by atoms with Crippen LogP contribution in [0.25, 0.3) is 5.57 Å². The average Bonchev–Trinajstić information content (AvgIpc) is 2.84. The number of phenols is 1. The van der Waals surface area contributed by atoms with Crippen molar-refractivity contribution in [2.24, 2.45) is 4.99 Å². The molecule has 0 atom stereocenters. The number of nitrogens with two attached hydrogens (primary N) is 1. The minimum Gasteiger partial charge on any atom is -0.542 e. The Morgan fingerprint density at radius 3 is 2.64 bits per heavy atom. The number of carbonyl (C=O) groups excluding carboxylic acids is 1. The summed E-state index contributed by atoms with van der Waals surface area (Å²) in [6, 6.07) is 1.82. The van der Waals surface area contributed by atoms with E-state index in [9.17, 15) is 18.3 Å². The number of carboxylic acids is 1. The zero-order chi connectivity index (χ0) is 16.7. The zero-order valence-corrected chi connectivity index (χ0v) is 11.4. The van der Waals surface area contributed by atoms with E-state index < -0.39 is 12.1 Å². The van der Waals surface area contributed by atoms with E-state index in [-0.39, 0.29) is 5.75 Å². The second-order valence-electron chi connectivity index (χ2n) is 4.80. The molecule has 2 heterocycles. The number of aromatic hydroxyl groups is 1. The molecular formula is C13H12F3N3O3. The number of halogens is 3. The molecule has 3 rings (SSSR count). The standard InChI is InChI=1S/C11H11N3O.C2HF3O2/c1-14-3-2-6-5-13-10-9(6)8(14)4-7(12)11(10)15;3-2(4,5)1(6)7/h4-5H,2-3H2,1H3,(H2,12,13,15);(H,6,7). The number of nitrogen functional groups attached to an aromatic ring is 1. The number of benzene rings is 1. The van der Waals surface area contributed by atoms with Crippen molar-refractivity contribution in [1.29, 1.82) is 0 Å². The Balaban J connectivity index is 0.000000217. The molecule has 22 heavy (non-hydrogen) atoms. The summed E-state index contributed by atoms with van der Waals surface area (Å²) in [5.41, 5.74) is 7.97. The Morgan fingerprint density at radius 2 is 2.09 bits per heavy atom. The SMILES string of the molecule is C[N+]1=c2cc(N)c(O)c3c2=C(C=N3)CC1.O=C([O-])C(F)(F)F. The van der Waals surface area contributed by atoms with Gasteiger partial charge in [-0.1, -0.05) is 0 Å². The highest BCUT2D eigenvalue weighted by atomic mass is 19.4. The minimum absolute atomic E-state index is 0.107. The van der Waals surface area contributed by atoms with Gasteiger partial charge in [0.2, 0.25) is 5.36 Å². The first kappa shape index (κ1) is 15.8. The smallest absolute Gasteiger partial charge is 0.430 e. The fourth-order valence-corrected chi connectivity index (χ4v) is 2.21. The minimum atomic E-state index is -5.19. The molecule has 0 aliphatic carbocycles. The molecule has 2 aliphatic rings. The van der Waals surface area contributed by atoms with Crippen LogP contribution in [0.2, 0.25) is 0 Å². The van der Waals surface area contributed by atoms with Crippen LogP contribution in [-0.2, 0) is 4.79 Å². The summed E-state index contributed by atoms with van der Waals surface area (Å²) in [7, 11) is 2.03. The molecular weight excluding hydrogens is 303 g/mol. The van der Waals surface area contributed by atoms with Crippen LogP contribution in [-0.4, -0.2) is 37.1 Å². The van der Waals surface area contributed by atoms with Gasteiger partial charge < -0.3 is 20.7 Å². The lowest BCUT2D eigenvalue weighted by atomic mass is 10.1. The van der Waals surface area contributed by atoms with Gasteiger partial charge in [-0.3, -0.25) is 4.99 Å². The Morgan fingerprint density at radius 1 is 1.50 bits per heavy atom. The van der Waals surface area contributed by atoms with E-state index in [0.29, 0.717) is 11.4 Å². The molecule has 0 bridgehead atoms. The first-order valence-electron chi connectivity index (χ1n) is 6.18. The van der Waals surface area contributed by atoms with Crippen LogP contribution < -0.4 is 26.0 Å². The third-order valence-corrected chi connectivity index (χ3v) is 3.31. The van der Waals surface area contributed by atoms with Crippen molar-refractivity contribution in [2.45, 2.75) is 12.6 Å². The molecule has 0 aromatic heterocycles. The molecule has 118 valence electrons. The fourth-order valence-electron chi connectivity index (χ4n) is 2.21. The summed E-state index contributed by atoms with van der Waals surface area (Å²) in [6.07, 6.45) is -2.39. The maximum absolute atomic E-state index is 10.5. The number of alkyl halides is 3. The first-order valence-corrected chi connectivity index (χ1v) is 6.18. The summed E-state index contributed by atoms with van der Waals surface area (Å²) >= 11 is 0. The van der Waals surface area contributed by atoms with Gasteiger partial charge in [-0.15, -0.1) is 0 Å². The lowest BCUT2D eigenvalue weighted by Crippen LogP contribution is -2.43. The number of nitrogens with zero attached hydrogens (tertiary/aromatic N) is 2. The fraction of sp³-hybridized carbons (Fsp3) is 0.308. The number of carbonyl (C=O) groups is 1. The third kappa shape index (κ3) is 2.74. The van der Waals surface area contributed by atoms with Crippen LogP contribution >= 0.6 is 0 Å². The van der Waals surface area contributed by atoms with Crippen LogP contribution in [0.15, 0.2) is 11.1 Å². The predicted molar refractivity (Wildman–Crippen MR) is 71.0 cm³/mol. The molecule has 0 fully saturated rings. The van der Waals surface area contributed by atoms with Crippen LogP contribution in [0.4, 0.5) is 24.5 Å². The van der Waals surface area contributed by atoms with Crippen LogP contribution in [0.5, 0.6) is 5.75 Å². The van der Waals surface area contributed by atoms with E-state index in [2.05, 4.69) is 9.57 Å². The normalized spacial score (nSPS) is 15.3. The molecule has 0 radical (unpaired) electrons. The average molecular weight is 315 g/mol. The molecule has 1 aromatic carbocycles. The molecule has 9 heteroatoms. The molecule has 2 aliphatic heterocycles. The van der Waals surface area contributed by atoms with Gasteiger partial charge in [0.05, 0.1) is 10.9 Å². The molecule has 6 nitrogen and oxygen atoms in total. The lowest BCUT2D eigenvalue weighted by molar-refractivity contribution is -0.344. The molecule has 0 spiro atoms. The number of rotatable bonds is 0. The van der Waals surface area contributed by atoms with Gasteiger partial charge in [0, 0.05) is 18.7 Å². The van der Waals surface area contributed by atoms with E-state index in [1.54, 1.807) is 0 Å². The summed E-state index contributed by atoms with van der Waals surface area (Å²) in [5.74, 6) is -2.90. The molecule has 3 N–H and O–H groups in total. The monoisotopic (exact) mass is 315 g/mol. The van der Waals surface area contributed by atoms with E-state index in [4.69, 9.17) is 15.6 Å². The van der Waals surface area contributed by atoms with E-state index in [1.165, 1.54) is 5.57 Å². The number of hydrogen-bond donors (Lipinski definition) is 2. The van der Waals surface area contributed by atoms with Crippen molar-refractivity contribution in [3.8, 4) is 5.75 Å². The zero-order valence-electron chi connectivity index (χ0n) is 11.4. The molecule has 0 saturated carbocycles. The predicted octanol–water partition coefficient (Wildman–Crippen LogP) is -1.34. The van der Waals surface area contributed by atoms with Crippen molar-refractivity contribution in [2.75, 3.05) is 19.3 Å². The van der Waals surface area contributed by atoms with Crippen LogP contribution in [0.1, 0.15) is 6.42 Å². The summed E-state index contributed by atoms with van der Waals surface area (Å²) in [4.78, 5) is 13.0. The Bertz CT molecular complexity index is 797. The third-order valence-electron chi connectivity index (χ3n) is 3.31. The van der Waals surface area contributed by atoms with Gasteiger partial charge in [0.15, 0.2) is 5.75 Å². The second-order valence-corrected chi connectivity index (χ2v) is 4.80. The summed E-state index contributed by atoms with van der Waals surface area (Å²) in [6.45, 7) is 0.970. The Labute approximate surface area is 122 Å². The van der Waals surface area contributed by atoms with E-state index in [1.807, 2.05) is 19.3 Å². The highest BCUT2D eigenvalue weighted by molar-refractivity contribution is 6.08. The number of anilines is 1. The Hall–Kier alpha value is -2.58. The van der Waals surface area contributed by atoms with Gasteiger partial charge in [0.1, 0.15) is 25.2 Å².